The number of nitrogens with one attached hydrogen (secondary N) is 1. The van der Waals surface area contributed by atoms with Gasteiger partial charge in [-0.05, 0) is 17.2 Å². The second kappa shape index (κ2) is 9.91. The molecule has 27 heavy (non-hydrogen) atoms. The third-order valence-corrected chi connectivity index (χ3v) is 3.66. The number of esters is 1. The van der Waals surface area contributed by atoms with Crippen LogP contribution in [0.4, 0.5) is 0 Å². The van der Waals surface area contributed by atoms with Crippen molar-refractivity contribution in [1.82, 2.24) is 10.2 Å². The van der Waals surface area contributed by atoms with Gasteiger partial charge in [-0.15, -0.1) is 0 Å². The molecule has 0 radical (unpaired) electrons. The highest BCUT2D eigenvalue weighted by atomic mass is 16.5. The predicted molar refractivity (Wildman–Crippen MR) is 102 cm³/mol. The van der Waals surface area contributed by atoms with Crippen molar-refractivity contribution in [3.63, 3.8) is 0 Å². The molecule has 1 N–H and O–H groups in total. The summed E-state index contributed by atoms with van der Waals surface area (Å²) in [5.74, 6) is -1.51. The maximum Gasteiger partial charge on any atom is 0.355 e. The summed E-state index contributed by atoms with van der Waals surface area (Å²) in [7, 11) is 1.64. The Morgan fingerprint density at radius 2 is 1.59 bits per heavy atom. The van der Waals surface area contributed by atoms with Crippen LogP contribution in [0.3, 0.4) is 0 Å². The van der Waals surface area contributed by atoms with Crippen LogP contribution in [0.1, 0.15) is 18.1 Å². The van der Waals surface area contributed by atoms with Crippen LogP contribution in [0.2, 0.25) is 0 Å². The van der Waals surface area contributed by atoms with Crippen molar-refractivity contribution >= 4 is 23.9 Å². The molecule has 0 aliphatic heterocycles. The molecule has 2 rings (SSSR count). The van der Waals surface area contributed by atoms with E-state index in [2.05, 4.69) is 5.32 Å². The summed E-state index contributed by atoms with van der Waals surface area (Å²) in [5, 5.41) is 2.44. The van der Waals surface area contributed by atoms with Gasteiger partial charge >= 0.3 is 5.97 Å². The van der Waals surface area contributed by atoms with Crippen LogP contribution < -0.4 is 5.32 Å². The van der Waals surface area contributed by atoms with E-state index in [9.17, 15) is 14.4 Å². The molecule has 0 bridgehead atoms. The maximum atomic E-state index is 12.3. The van der Waals surface area contributed by atoms with Crippen LogP contribution in [-0.4, -0.2) is 36.3 Å². The molecular weight excluding hydrogens is 344 g/mol. The van der Waals surface area contributed by atoms with E-state index in [0.29, 0.717) is 6.54 Å². The molecule has 0 unspecified atom stereocenters. The summed E-state index contributed by atoms with van der Waals surface area (Å²) in [5.41, 5.74) is 1.68. The predicted octanol–water partition coefficient (Wildman–Crippen LogP) is 2.37. The van der Waals surface area contributed by atoms with Crippen molar-refractivity contribution in [1.29, 1.82) is 0 Å². The SMILES string of the molecule is CC(=O)N/C(=C\c1ccccc1)C(=O)OCC(=O)N(C)Cc1ccccc1. The Balaban J connectivity index is 1.97. The number of carbonyl (C=O) groups is 3. The lowest BCUT2D eigenvalue weighted by Crippen LogP contribution is -2.33. The summed E-state index contributed by atoms with van der Waals surface area (Å²) in [6, 6.07) is 18.5. The summed E-state index contributed by atoms with van der Waals surface area (Å²) in [6.45, 7) is 1.30. The van der Waals surface area contributed by atoms with Crippen molar-refractivity contribution in [3.8, 4) is 0 Å². The van der Waals surface area contributed by atoms with Gasteiger partial charge in [0.25, 0.3) is 5.91 Å². The highest BCUT2D eigenvalue weighted by molar-refractivity contribution is 5.98. The Hall–Kier alpha value is -3.41. The largest absolute Gasteiger partial charge is 0.451 e. The highest BCUT2D eigenvalue weighted by Gasteiger charge is 2.17. The van der Waals surface area contributed by atoms with E-state index in [1.54, 1.807) is 19.2 Å². The molecule has 0 aliphatic rings. The summed E-state index contributed by atoms with van der Waals surface area (Å²) in [4.78, 5) is 37.3. The van der Waals surface area contributed by atoms with Crippen LogP contribution in [0.15, 0.2) is 66.4 Å². The van der Waals surface area contributed by atoms with Gasteiger partial charge in [-0.1, -0.05) is 60.7 Å². The quantitative estimate of drug-likeness (QED) is 0.603. The smallest absolute Gasteiger partial charge is 0.355 e. The van der Waals surface area contributed by atoms with E-state index in [1.165, 1.54) is 17.9 Å². The van der Waals surface area contributed by atoms with Gasteiger partial charge in [0.2, 0.25) is 5.91 Å². The van der Waals surface area contributed by atoms with Crippen LogP contribution in [-0.2, 0) is 25.7 Å². The Kier molecular flexibility index (Phi) is 7.31. The first kappa shape index (κ1) is 19.9. The van der Waals surface area contributed by atoms with E-state index < -0.39 is 18.5 Å². The zero-order chi connectivity index (χ0) is 19.6. The minimum absolute atomic E-state index is 0.0211. The van der Waals surface area contributed by atoms with Crippen molar-refractivity contribution in [2.45, 2.75) is 13.5 Å². The number of carbonyl (C=O) groups excluding carboxylic acids is 3. The molecule has 2 aromatic rings. The lowest BCUT2D eigenvalue weighted by atomic mass is 10.2. The Bertz CT molecular complexity index is 817. The molecule has 0 aromatic heterocycles. The number of ether oxygens (including phenoxy) is 1. The Morgan fingerprint density at radius 3 is 2.19 bits per heavy atom. The molecule has 0 atom stereocenters. The molecule has 2 amide bonds. The van der Waals surface area contributed by atoms with Crippen molar-refractivity contribution in [2.75, 3.05) is 13.7 Å². The zero-order valence-electron chi connectivity index (χ0n) is 15.3. The second-order valence-corrected chi connectivity index (χ2v) is 5.96. The van der Waals surface area contributed by atoms with Crippen LogP contribution in [0.25, 0.3) is 6.08 Å². The molecule has 0 saturated heterocycles. The van der Waals surface area contributed by atoms with E-state index >= 15 is 0 Å². The molecule has 0 heterocycles. The number of rotatable bonds is 7. The summed E-state index contributed by atoms with van der Waals surface area (Å²) in [6.07, 6.45) is 1.50. The fourth-order valence-electron chi connectivity index (χ4n) is 2.31. The van der Waals surface area contributed by atoms with Gasteiger partial charge in [0.05, 0.1) is 0 Å². The maximum absolute atomic E-state index is 12.3. The zero-order valence-corrected chi connectivity index (χ0v) is 15.3. The Labute approximate surface area is 158 Å². The minimum Gasteiger partial charge on any atom is -0.451 e. The summed E-state index contributed by atoms with van der Waals surface area (Å²) >= 11 is 0. The molecule has 6 heteroatoms. The second-order valence-electron chi connectivity index (χ2n) is 5.96. The average Bonchev–Trinajstić information content (AvgIpc) is 2.66. The molecule has 0 spiro atoms. The number of hydrogen-bond donors (Lipinski definition) is 1. The van der Waals surface area contributed by atoms with Gasteiger partial charge in [-0.3, -0.25) is 9.59 Å². The van der Waals surface area contributed by atoms with E-state index in [1.807, 2.05) is 48.5 Å². The lowest BCUT2D eigenvalue weighted by molar-refractivity contribution is -0.149. The van der Waals surface area contributed by atoms with E-state index in [4.69, 9.17) is 4.74 Å². The van der Waals surface area contributed by atoms with Gasteiger partial charge in [0.1, 0.15) is 5.70 Å². The lowest BCUT2D eigenvalue weighted by Gasteiger charge is -2.17. The first-order valence-corrected chi connectivity index (χ1v) is 8.45. The minimum atomic E-state index is -0.768. The fourth-order valence-corrected chi connectivity index (χ4v) is 2.31. The number of hydrogen-bond acceptors (Lipinski definition) is 4. The van der Waals surface area contributed by atoms with Gasteiger partial charge in [-0.2, -0.15) is 0 Å². The topological polar surface area (TPSA) is 75.7 Å². The van der Waals surface area contributed by atoms with Gasteiger partial charge in [-0.25, -0.2) is 4.79 Å². The van der Waals surface area contributed by atoms with Gasteiger partial charge in [0, 0.05) is 20.5 Å². The number of amides is 2. The standard InChI is InChI=1S/C21H22N2O4/c1-16(24)22-19(13-17-9-5-3-6-10-17)21(26)27-15-20(25)23(2)14-18-11-7-4-8-12-18/h3-13H,14-15H2,1-2H3,(H,22,24)/b19-13-. The van der Waals surface area contributed by atoms with E-state index in [-0.39, 0.29) is 11.6 Å². The fraction of sp³-hybridized carbons (Fsp3) is 0.190. The molecular formula is C21H22N2O4. The van der Waals surface area contributed by atoms with Crippen molar-refractivity contribution < 1.29 is 19.1 Å². The van der Waals surface area contributed by atoms with Gasteiger partial charge < -0.3 is 15.0 Å². The molecule has 2 aromatic carbocycles. The van der Waals surface area contributed by atoms with Crippen molar-refractivity contribution in [3.05, 3.63) is 77.5 Å². The molecule has 0 fully saturated rings. The third kappa shape index (κ3) is 6.78. The average molecular weight is 366 g/mol. The van der Waals surface area contributed by atoms with E-state index in [0.717, 1.165) is 11.1 Å². The number of nitrogens with zero attached hydrogens (tertiary/aromatic N) is 1. The third-order valence-electron chi connectivity index (χ3n) is 3.66. The monoisotopic (exact) mass is 366 g/mol. The van der Waals surface area contributed by atoms with Crippen LogP contribution in [0, 0.1) is 0 Å². The van der Waals surface area contributed by atoms with Crippen LogP contribution >= 0.6 is 0 Å². The van der Waals surface area contributed by atoms with Gasteiger partial charge in [0.15, 0.2) is 6.61 Å². The first-order valence-electron chi connectivity index (χ1n) is 8.45. The molecule has 140 valence electrons. The number of benzene rings is 2. The highest BCUT2D eigenvalue weighted by Crippen LogP contribution is 2.07. The number of likely N-dealkylation sites (N-methyl/N-ethyl adjacent to an activating group) is 1. The normalized spacial score (nSPS) is 10.8. The Morgan fingerprint density at radius 1 is 1.00 bits per heavy atom. The summed E-state index contributed by atoms with van der Waals surface area (Å²) < 4.78 is 5.08. The molecule has 6 nitrogen and oxygen atoms in total. The van der Waals surface area contributed by atoms with Crippen molar-refractivity contribution in [2.24, 2.45) is 0 Å². The van der Waals surface area contributed by atoms with Crippen LogP contribution in [0.5, 0.6) is 0 Å². The molecule has 0 saturated carbocycles. The first-order chi connectivity index (χ1) is 13.0. The molecule has 0 aliphatic carbocycles.